The molecular formula is C25H33NO3. The van der Waals surface area contributed by atoms with Crippen molar-refractivity contribution in [1.29, 1.82) is 0 Å². The largest absolute Gasteiger partial charge is 0.454 e. The second-order valence-electron chi connectivity index (χ2n) is 8.96. The van der Waals surface area contributed by atoms with Crippen LogP contribution in [0.1, 0.15) is 44.2 Å². The fraction of sp³-hybridized carbons (Fsp3) is 0.520. The van der Waals surface area contributed by atoms with E-state index in [2.05, 4.69) is 61.6 Å². The van der Waals surface area contributed by atoms with E-state index in [9.17, 15) is 0 Å². The first kappa shape index (κ1) is 20.2. The molecule has 2 atom stereocenters. The standard InChI is InChI=1S/C25H33NO3/c1-25(2)16-22(11-13-29-25)21(14-19-6-4-3-5-7-19)10-12-26-17-20-8-9-23-24(15-20)28-18-27-23/h3-9,15,21-22,26H,10-14,16-18H2,1-2H3. The highest BCUT2D eigenvalue weighted by Crippen LogP contribution is 2.36. The Hall–Kier alpha value is -2.04. The molecule has 0 aromatic heterocycles. The quantitative estimate of drug-likeness (QED) is 0.642. The van der Waals surface area contributed by atoms with E-state index in [1.807, 2.05) is 6.07 Å². The average molecular weight is 396 g/mol. The number of ether oxygens (including phenoxy) is 3. The van der Waals surface area contributed by atoms with Crippen LogP contribution in [0.15, 0.2) is 48.5 Å². The van der Waals surface area contributed by atoms with Gasteiger partial charge in [0.05, 0.1) is 5.60 Å². The predicted octanol–water partition coefficient (Wildman–Crippen LogP) is 4.96. The van der Waals surface area contributed by atoms with Crippen molar-refractivity contribution in [2.24, 2.45) is 11.8 Å². The molecule has 0 bridgehead atoms. The Morgan fingerprint density at radius 2 is 1.86 bits per heavy atom. The third kappa shape index (κ3) is 5.52. The number of rotatable bonds is 8. The Labute approximate surface area is 174 Å². The molecule has 2 aromatic rings. The predicted molar refractivity (Wildman–Crippen MR) is 115 cm³/mol. The minimum absolute atomic E-state index is 0.00221. The van der Waals surface area contributed by atoms with Gasteiger partial charge in [-0.2, -0.15) is 0 Å². The van der Waals surface area contributed by atoms with Gasteiger partial charge in [0.25, 0.3) is 0 Å². The van der Waals surface area contributed by atoms with Gasteiger partial charge in [-0.1, -0.05) is 36.4 Å². The zero-order chi connectivity index (χ0) is 20.1. The fourth-order valence-electron chi connectivity index (χ4n) is 4.67. The van der Waals surface area contributed by atoms with Gasteiger partial charge in [-0.05, 0) is 81.2 Å². The van der Waals surface area contributed by atoms with Crippen molar-refractivity contribution in [2.45, 2.75) is 51.7 Å². The van der Waals surface area contributed by atoms with Gasteiger partial charge < -0.3 is 19.5 Å². The lowest BCUT2D eigenvalue weighted by atomic mass is 9.75. The number of fused-ring (bicyclic) bond motifs is 1. The Bertz CT molecular complexity index is 790. The molecule has 1 saturated heterocycles. The molecule has 1 fully saturated rings. The minimum atomic E-state index is -0.00221. The second kappa shape index (κ2) is 9.19. The van der Waals surface area contributed by atoms with Gasteiger partial charge in [-0.15, -0.1) is 0 Å². The maximum absolute atomic E-state index is 5.98. The Balaban J connectivity index is 1.33. The summed E-state index contributed by atoms with van der Waals surface area (Å²) in [5.74, 6) is 3.09. The van der Waals surface area contributed by atoms with Crippen molar-refractivity contribution in [1.82, 2.24) is 5.32 Å². The van der Waals surface area contributed by atoms with Gasteiger partial charge in [0, 0.05) is 13.2 Å². The highest BCUT2D eigenvalue weighted by molar-refractivity contribution is 5.44. The second-order valence-corrected chi connectivity index (χ2v) is 8.96. The lowest BCUT2D eigenvalue weighted by Crippen LogP contribution is -2.38. The number of nitrogens with one attached hydrogen (secondary N) is 1. The van der Waals surface area contributed by atoms with Crippen LogP contribution >= 0.6 is 0 Å². The number of hydrogen-bond donors (Lipinski definition) is 1. The van der Waals surface area contributed by atoms with Crippen LogP contribution in [0.3, 0.4) is 0 Å². The molecule has 0 saturated carbocycles. The van der Waals surface area contributed by atoms with Crippen molar-refractivity contribution >= 4 is 0 Å². The summed E-state index contributed by atoms with van der Waals surface area (Å²) in [6.07, 6.45) is 4.64. The monoisotopic (exact) mass is 395 g/mol. The van der Waals surface area contributed by atoms with Crippen molar-refractivity contribution in [2.75, 3.05) is 19.9 Å². The zero-order valence-electron chi connectivity index (χ0n) is 17.7. The van der Waals surface area contributed by atoms with Crippen LogP contribution in [0, 0.1) is 11.8 Å². The third-order valence-corrected chi connectivity index (χ3v) is 6.20. The van der Waals surface area contributed by atoms with E-state index in [0.717, 1.165) is 44.0 Å². The number of hydrogen-bond acceptors (Lipinski definition) is 4. The molecule has 29 heavy (non-hydrogen) atoms. The van der Waals surface area contributed by atoms with Crippen LogP contribution in [0.2, 0.25) is 0 Å². The fourth-order valence-corrected chi connectivity index (χ4v) is 4.67. The van der Waals surface area contributed by atoms with Crippen molar-refractivity contribution in [3.63, 3.8) is 0 Å². The molecular weight excluding hydrogens is 362 g/mol. The summed E-state index contributed by atoms with van der Waals surface area (Å²) in [5.41, 5.74) is 2.68. The van der Waals surface area contributed by atoms with Crippen LogP contribution in [0.4, 0.5) is 0 Å². The van der Waals surface area contributed by atoms with Gasteiger partial charge in [-0.25, -0.2) is 0 Å². The van der Waals surface area contributed by atoms with E-state index in [-0.39, 0.29) is 5.60 Å². The first-order valence-electron chi connectivity index (χ1n) is 10.9. The molecule has 4 rings (SSSR count). The molecule has 0 aliphatic carbocycles. The van der Waals surface area contributed by atoms with E-state index in [0.29, 0.717) is 18.6 Å². The third-order valence-electron chi connectivity index (χ3n) is 6.20. The molecule has 0 spiro atoms. The van der Waals surface area contributed by atoms with Crippen molar-refractivity contribution in [3.8, 4) is 11.5 Å². The van der Waals surface area contributed by atoms with Crippen molar-refractivity contribution < 1.29 is 14.2 Å². The van der Waals surface area contributed by atoms with Crippen molar-refractivity contribution in [3.05, 3.63) is 59.7 Å². The molecule has 2 unspecified atom stereocenters. The van der Waals surface area contributed by atoms with E-state index < -0.39 is 0 Å². The van der Waals surface area contributed by atoms with Crippen LogP contribution in [-0.2, 0) is 17.7 Å². The topological polar surface area (TPSA) is 39.7 Å². The summed E-state index contributed by atoms with van der Waals surface area (Å²) in [4.78, 5) is 0. The summed E-state index contributed by atoms with van der Waals surface area (Å²) in [5, 5.41) is 3.64. The molecule has 2 heterocycles. The van der Waals surface area contributed by atoms with Gasteiger partial charge >= 0.3 is 0 Å². The molecule has 2 aliphatic rings. The zero-order valence-corrected chi connectivity index (χ0v) is 17.7. The maximum atomic E-state index is 5.98. The molecule has 156 valence electrons. The molecule has 0 amide bonds. The summed E-state index contributed by atoms with van der Waals surface area (Å²) < 4.78 is 16.9. The van der Waals surface area contributed by atoms with Gasteiger partial charge in [0.15, 0.2) is 11.5 Å². The average Bonchev–Trinajstić information content (AvgIpc) is 3.18. The molecule has 2 aromatic carbocycles. The normalized spacial score (nSPS) is 21.1. The molecule has 4 heteroatoms. The lowest BCUT2D eigenvalue weighted by molar-refractivity contribution is -0.0830. The molecule has 0 radical (unpaired) electrons. The number of benzene rings is 2. The Morgan fingerprint density at radius 1 is 1.03 bits per heavy atom. The van der Waals surface area contributed by atoms with Gasteiger partial charge in [-0.3, -0.25) is 0 Å². The molecule has 2 aliphatic heterocycles. The van der Waals surface area contributed by atoms with E-state index >= 15 is 0 Å². The summed E-state index contributed by atoms with van der Waals surface area (Å²) in [6, 6.07) is 17.1. The first-order chi connectivity index (χ1) is 14.1. The van der Waals surface area contributed by atoms with E-state index in [4.69, 9.17) is 14.2 Å². The Kier molecular flexibility index (Phi) is 6.41. The van der Waals surface area contributed by atoms with Crippen LogP contribution in [0.25, 0.3) is 0 Å². The van der Waals surface area contributed by atoms with Crippen LogP contribution in [-0.4, -0.2) is 25.5 Å². The van der Waals surface area contributed by atoms with Gasteiger partial charge in [0.1, 0.15) is 0 Å². The van der Waals surface area contributed by atoms with Crippen LogP contribution in [0.5, 0.6) is 11.5 Å². The lowest BCUT2D eigenvalue weighted by Gasteiger charge is -2.39. The van der Waals surface area contributed by atoms with E-state index in [1.165, 1.54) is 24.0 Å². The van der Waals surface area contributed by atoms with E-state index in [1.54, 1.807) is 0 Å². The summed E-state index contributed by atoms with van der Waals surface area (Å²) in [7, 11) is 0. The SMILES string of the molecule is CC1(C)CC(C(CCNCc2ccc3c(c2)OCO3)Cc2ccccc2)CCO1. The first-order valence-corrected chi connectivity index (χ1v) is 10.9. The molecule has 1 N–H and O–H groups in total. The summed E-state index contributed by atoms with van der Waals surface area (Å²) >= 11 is 0. The highest BCUT2D eigenvalue weighted by Gasteiger charge is 2.33. The highest BCUT2D eigenvalue weighted by atomic mass is 16.7. The van der Waals surface area contributed by atoms with Crippen LogP contribution < -0.4 is 14.8 Å². The summed E-state index contributed by atoms with van der Waals surface area (Å²) in [6.45, 7) is 7.55. The smallest absolute Gasteiger partial charge is 0.231 e. The molecule has 4 nitrogen and oxygen atoms in total. The minimum Gasteiger partial charge on any atom is -0.454 e. The maximum Gasteiger partial charge on any atom is 0.231 e. The van der Waals surface area contributed by atoms with Gasteiger partial charge in [0.2, 0.25) is 6.79 Å². The Morgan fingerprint density at radius 3 is 2.69 bits per heavy atom.